The number of esters is 1. The Morgan fingerprint density at radius 3 is 2.62 bits per heavy atom. The molecule has 0 aromatic heterocycles. The molecule has 0 spiro atoms. The van der Waals surface area contributed by atoms with E-state index < -0.39 is 21.7 Å². The lowest BCUT2D eigenvalue weighted by molar-refractivity contribution is -0.137. The van der Waals surface area contributed by atoms with Crippen molar-refractivity contribution in [3.63, 3.8) is 0 Å². The minimum absolute atomic E-state index is 0.118. The Morgan fingerprint density at radius 2 is 2.23 bits per heavy atom. The van der Waals surface area contributed by atoms with Crippen LogP contribution < -0.4 is 10.5 Å². The van der Waals surface area contributed by atoms with Gasteiger partial charge in [0, 0.05) is 12.1 Å². The maximum absolute atomic E-state index is 11.1. The first-order valence-corrected chi connectivity index (χ1v) is 5.42. The summed E-state index contributed by atoms with van der Waals surface area (Å²) in [6.07, 6.45) is 0.625. The summed E-state index contributed by atoms with van der Waals surface area (Å²) in [7, 11) is -2.43. The topological polar surface area (TPSA) is 98.5 Å². The van der Waals surface area contributed by atoms with Crippen molar-refractivity contribution in [1.29, 1.82) is 0 Å². The van der Waals surface area contributed by atoms with Crippen LogP contribution in [-0.2, 0) is 19.6 Å². The van der Waals surface area contributed by atoms with Gasteiger partial charge in [-0.1, -0.05) is 0 Å². The number of rotatable bonds is 4. The van der Waals surface area contributed by atoms with E-state index in [1.807, 2.05) is 0 Å². The van der Waals surface area contributed by atoms with Crippen molar-refractivity contribution in [1.82, 2.24) is 4.72 Å². The van der Waals surface area contributed by atoms with E-state index in [0.29, 0.717) is 6.42 Å². The third-order valence-corrected chi connectivity index (χ3v) is 2.98. The molecule has 2 unspecified atom stereocenters. The zero-order valence-corrected chi connectivity index (χ0v) is 8.00. The normalized spacial score (nSPS) is 26.9. The highest BCUT2D eigenvalue weighted by Crippen LogP contribution is 2.18. The number of ether oxygens (including phenoxy) is 1. The maximum Gasteiger partial charge on any atom is 0.322 e. The van der Waals surface area contributed by atoms with Crippen molar-refractivity contribution < 1.29 is 17.9 Å². The highest BCUT2D eigenvalue weighted by molar-refractivity contribution is 7.90. The van der Waals surface area contributed by atoms with E-state index >= 15 is 0 Å². The summed E-state index contributed by atoms with van der Waals surface area (Å²) in [5.74, 6) is -1.42. The molecule has 0 aromatic rings. The van der Waals surface area contributed by atoms with Crippen LogP contribution in [-0.4, -0.2) is 39.3 Å². The molecule has 0 saturated heterocycles. The molecule has 1 fully saturated rings. The van der Waals surface area contributed by atoms with E-state index in [-0.39, 0.29) is 12.1 Å². The van der Waals surface area contributed by atoms with Crippen LogP contribution in [0.5, 0.6) is 0 Å². The molecule has 0 aliphatic heterocycles. The Labute approximate surface area is 76.5 Å². The predicted molar refractivity (Wildman–Crippen MR) is 45.3 cm³/mol. The zero-order chi connectivity index (χ0) is 10.1. The van der Waals surface area contributed by atoms with Gasteiger partial charge in [0.15, 0.2) is 5.75 Å². The molecular formula is C6H12N2O4S. The number of nitrogens with one attached hydrogen (secondary N) is 1. The van der Waals surface area contributed by atoms with Crippen LogP contribution in [0.25, 0.3) is 0 Å². The zero-order valence-electron chi connectivity index (χ0n) is 7.19. The molecule has 2 atom stereocenters. The molecule has 1 aliphatic carbocycles. The van der Waals surface area contributed by atoms with E-state index in [2.05, 4.69) is 9.46 Å². The molecule has 6 nitrogen and oxygen atoms in total. The van der Waals surface area contributed by atoms with Crippen LogP contribution in [0, 0.1) is 0 Å². The molecule has 0 radical (unpaired) electrons. The second kappa shape index (κ2) is 3.60. The lowest BCUT2D eigenvalue weighted by atomic mass is 10.7. The fourth-order valence-electron chi connectivity index (χ4n) is 0.837. The molecule has 1 rings (SSSR count). The van der Waals surface area contributed by atoms with Crippen molar-refractivity contribution in [2.45, 2.75) is 18.5 Å². The standard InChI is InChI=1S/C6H12N2O4S/c1-12-6(9)3-13(10,11)8-5-2-4(5)7/h4-5,8H,2-3,7H2,1H3. The largest absolute Gasteiger partial charge is 0.468 e. The molecule has 76 valence electrons. The van der Waals surface area contributed by atoms with Crippen LogP contribution in [0.3, 0.4) is 0 Å². The number of carbonyl (C=O) groups is 1. The van der Waals surface area contributed by atoms with Crippen LogP contribution in [0.2, 0.25) is 0 Å². The molecule has 1 saturated carbocycles. The second-order valence-electron chi connectivity index (χ2n) is 2.96. The monoisotopic (exact) mass is 208 g/mol. The van der Waals surface area contributed by atoms with Crippen LogP contribution >= 0.6 is 0 Å². The Bertz CT molecular complexity index is 300. The summed E-state index contributed by atoms with van der Waals surface area (Å²) in [6.45, 7) is 0. The summed E-state index contributed by atoms with van der Waals surface area (Å²) >= 11 is 0. The molecule has 0 bridgehead atoms. The second-order valence-corrected chi connectivity index (χ2v) is 4.71. The first kappa shape index (κ1) is 10.4. The van der Waals surface area contributed by atoms with E-state index in [1.165, 1.54) is 0 Å². The first-order chi connectivity index (χ1) is 5.94. The van der Waals surface area contributed by atoms with Gasteiger partial charge < -0.3 is 10.5 Å². The third-order valence-electron chi connectivity index (χ3n) is 1.71. The molecule has 0 aromatic carbocycles. The fourth-order valence-corrected chi connectivity index (χ4v) is 2.08. The molecular weight excluding hydrogens is 196 g/mol. The number of carbonyl (C=O) groups excluding carboxylic acids is 1. The van der Waals surface area contributed by atoms with E-state index in [4.69, 9.17) is 5.73 Å². The van der Waals surface area contributed by atoms with Crippen LogP contribution in [0.1, 0.15) is 6.42 Å². The molecule has 13 heavy (non-hydrogen) atoms. The van der Waals surface area contributed by atoms with Gasteiger partial charge in [0.25, 0.3) is 0 Å². The third kappa shape index (κ3) is 3.29. The Hall–Kier alpha value is -0.660. The molecule has 1 aliphatic rings. The minimum atomic E-state index is -3.57. The highest BCUT2D eigenvalue weighted by atomic mass is 32.2. The Kier molecular flexibility index (Phi) is 2.89. The predicted octanol–water partition coefficient (Wildman–Crippen LogP) is -1.82. The SMILES string of the molecule is COC(=O)CS(=O)(=O)NC1CC1N. The summed E-state index contributed by atoms with van der Waals surface area (Å²) in [5.41, 5.74) is 5.39. The smallest absolute Gasteiger partial charge is 0.322 e. The summed E-state index contributed by atoms with van der Waals surface area (Å²) in [6, 6.07) is -0.331. The van der Waals surface area contributed by atoms with Gasteiger partial charge in [-0.05, 0) is 6.42 Å². The molecule has 0 heterocycles. The van der Waals surface area contributed by atoms with Gasteiger partial charge in [0.1, 0.15) is 0 Å². The summed E-state index contributed by atoms with van der Waals surface area (Å²) in [5, 5.41) is 0. The van der Waals surface area contributed by atoms with Gasteiger partial charge in [0.2, 0.25) is 10.0 Å². The van der Waals surface area contributed by atoms with Crippen molar-refractivity contribution in [3.8, 4) is 0 Å². The summed E-state index contributed by atoms with van der Waals surface area (Å²) < 4.78 is 28.8. The Morgan fingerprint density at radius 1 is 1.69 bits per heavy atom. The number of methoxy groups -OCH3 is 1. The van der Waals surface area contributed by atoms with Gasteiger partial charge in [-0.25, -0.2) is 13.1 Å². The fraction of sp³-hybridized carbons (Fsp3) is 0.833. The number of nitrogens with two attached hydrogens (primary N) is 1. The number of sulfonamides is 1. The van der Waals surface area contributed by atoms with E-state index in [1.54, 1.807) is 0 Å². The van der Waals surface area contributed by atoms with E-state index in [9.17, 15) is 13.2 Å². The molecule has 0 amide bonds. The van der Waals surface area contributed by atoms with Crippen molar-refractivity contribution in [2.75, 3.05) is 12.9 Å². The average molecular weight is 208 g/mol. The van der Waals surface area contributed by atoms with Gasteiger partial charge in [-0.15, -0.1) is 0 Å². The van der Waals surface area contributed by atoms with Gasteiger partial charge in [-0.2, -0.15) is 0 Å². The first-order valence-electron chi connectivity index (χ1n) is 3.77. The van der Waals surface area contributed by atoms with Gasteiger partial charge in [0.05, 0.1) is 7.11 Å². The molecule has 3 N–H and O–H groups in total. The lowest BCUT2D eigenvalue weighted by Gasteiger charge is -2.03. The number of hydrogen-bond acceptors (Lipinski definition) is 5. The number of hydrogen-bond donors (Lipinski definition) is 2. The Balaban J connectivity index is 2.42. The minimum Gasteiger partial charge on any atom is -0.468 e. The van der Waals surface area contributed by atoms with Gasteiger partial charge in [-0.3, -0.25) is 4.79 Å². The highest BCUT2D eigenvalue weighted by Gasteiger charge is 2.37. The molecule has 7 heteroatoms. The summed E-state index contributed by atoms with van der Waals surface area (Å²) in [4.78, 5) is 10.6. The van der Waals surface area contributed by atoms with Crippen LogP contribution in [0.15, 0.2) is 0 Å². The average Bonchev–Trinajstić information content (AvgIpc) is 2.63. The van der Waals surface area contributed by atoms with Crippen molar-refractivity contribution in [3.05, 3.63) is 0 Å². The van der Waals surface area contributed by atoms with Crippen molar-refractivity contribution >= 4 is 16.0 Å². The quantitative estimate of drug-likeness (QED) is 0.530. The van der Waals surface area contributed by atoms with Gasteiger partial charge >= 0.3 is 5.97 Å². The maximum atomic E-state index is 11.1. The van der Waals surface area contributed by atoms with Crippen molar-refractivity contribution in [2.24, 2.45) is 5.73 Å². The van der Waals surface area contributed by atoms with E-state index in [0.717, 1.165) is 7.11 Å². The van der Waals surface area contributed by atoms with Crippen LogP contribution in [0.4, 0.5) is 0 Å². The lowest BCUT2D eigenvalue weighted by Crippen LogP contribution is -2.34.